The molecular weight excluding hydrogens is 335 g/mol. The molecule has 1 heterocycles. The second-order valence-corrected chi connectivity index (χ2v) is 5.41. The fraction of sp³-hybridized carbons (Fsp3) is 0.308. The zero-order chi connectivity index (χ0) is 14.8. The fourth-order valence-electron chi connectivity index (χ4n) is 1.91. The molecule has 20 heavy (non-hydrogen) atoms. The van der Waals surface area contributed by atoms with Gasteiger partial charge in [-0.15, -0.1) is 0 Å². The summed E-state index contributed by atoms with van der Waals surface area (Å²) in [6, 6.07) is 3.72. The molecule has 1 aromatic heterocycles. The van der Waals surface area contributed by atoms with E-state index in [1.807, 2.05) is 11.5 Å². The van der Waals surface area contributed by atoms with Gasteiger partial charge in [0.2, 0.25) is 0 Å². The first-order valence-electron chi connectivity index (χ1n) is 5.95. The monoisotopic (exact) mass is 347 g/mol. The molecule has 0 radical (unpaired) electrons. The lowest BCUT2D eigenvalue weighted by molar-refractivity contribution is -0.137. The molecule has 0 bridgehead atoms. The standard InChI is InChI=1S/C13H13BrF3N3/c1-9(7-20-5-4-18-8-20)19-12-6-10(14)2-3-11(12)13(15,16)17/h2-6,8-9,19H,7H2,1H3. The summed E-state index contributed by atoms with van der Waals surface area (Å²) in [5.74, 6) is 0. The maximum absolute atomic E-state index is 12.9. The molecule has 1 aromatic carbocycles. The molecule has 0 spiro atoms. The Labute approximate surface area is 123 Å². The maximum atomic E-state index is 12.9. The van der Waals surface area contributed by atoms with Gasteiger partial charge >= 0.3 is 6.18 Å². The van der Waals surface area contributed by atoms with Crippen LogP contribution in [0.3, 0.4) is 0 Å². The minimum atomic E-state index is -4.38. The van der Waals surface area contributed by atoms with Gasteiger partial charge in [-0.25, -0.2) is 4.98 Å². The number of benzene rings is 1. The van der Waals surface area contributed by atoms with Crippen LogP contribution in [0, 0.1) is 0 Å². The highest BCUT2D eigenvalue weighted by Gasteiger charge is 2.33. The van der Waals surface area contributed by atoms with Crippen molar-refractivity contribution in [2.24, 2.45) is 0 Å². The van der Waals surface area contributed by atoms with Crippen molar-refractivity contribution in [3.63, 3.8) is 0 Å². The van der Waals surface area contributed by atoms with Crippen LogP contribution in [-0.2, 0) is 12.7 Å². The van der Waals surface area contributed by atoms with Gasteiger partial charge in [-0.2, -0.15) is 13.2 Å². The number of rotatable bonds is 4. The van der Waals surface area contributed by atoms with E-state index >= 15 is 0 Å². The molecule has 0 fully saturated rings. The Morgan fingerprint density at radius 2 is 2.15 bits per heavy atom. The lowest BCUT2D eigenvalue weighted by atomic mass is 10.1. The summed E-state index contributed by atoms with van der Waals surface area (Å²) in [5, 5.41) is 2.90. The third-order valence-corrected chi connectivity index (χ3v) is 3.23. The number of hydrogen-bond donors (Lipinski definition) is 1. The van der Waals surface area contributed by atoms with E-state index in [-0.39, 0.29) is 11.7 Å². The van der Waals surface area contributed by atoms with E-state index < -0.39 is 11.7 Å². The van der Waals surface area contributed by atoms with Crippen LogP contribution in [-0.4, -0.2) is 15.6 Å². The van der Waals surface area contributed by atoms with Crippen molar-refractivity contribution in [3.05, 3.63) is 47.0 Å². The van der Waals surface area contributed by atoms with Gasteiger partial charge < -0.3 is 9.88 Å². The van der Waals surface area contributed by atoms with Gasteiger partial charge in [-0.3, -0.25) is 0 Å². The van der Waals surface area contributed by atoms with Gasteiger partial charge in [-0.05, 0) is 25.1 Å². The topological polar surface area (TPSA) is 29.9 Å². The molecule has 0 amide bonds. The van der Waals surface area contributed by atoms with E-state index in [9.17, 15) is 13.2 Å². The van der Waals surface area contributed by atoms with Crippen LogP contribution in [0.15, 0.2) is 41.4 Å². The summed E-state index contributed by atoms with van der Waals surface area (Å²) in [7, 11) is 0. The van der Waals surface area contributed by atoms with Crippen LogP contribution in [0.25, 0.3) is 0 Å². The molecule has 0 saturated heterocycles. The Bertz CT molecular complexity index is 567. The largest absolute Gasteiger partial charge is 0.418 e. The first-order valence-corrected chi connectivity index (χ1v) is 6.74. The van der Waals surface area contributed by atoms with Crippen molar-refractivity contribution in [1.29, 1.82) is 0 Å². The second-order valence-electron chi connectivity index (χ2n) is 4.49. The van der Waals surface area contributed by atoms with E-state index in [2.05, 4.69) is 26.2 Å². The predicted molar refractivity (Wildman–Crippen MR) is 74.5 cm³/mol. The smallest absolute Gasteiger partial charge is 0.380 e. The molecule has 0 aliphatic carbocycles. The van der Waals surface area contributed by atoms with E-state index in [4.69, 9.17) is 0 Å². The molecule has 1 N–H and O–H groups in total. The Hall–Kier alpha value is -1.50. The third-order valence-electron chi connectivity index (χ3n) is 2.73. The van der Waals surface area contributed by atoms with Crippen LogP contribution in [0.2, 0.25) is 0 Å². The SMILES string of the molecule is CC(Cn1ccnc1)Nc1cc(Br)ccc1C(F)(F)F. The molecule has 108 valence electrons. The highest BCUT2D eigenvalue weighted by molar-refractivity contribution is 9.10. The number of anilines is 1. The zero-order valence-corrected chi connectivity index (χ0v) is 12.2. The Morgan fingerprint density at radius 1 is 1.40 bits per heavy atom. The second kappa shape index (κ2) is 5.87. The van der Waals surface area contributed by atoms with Gasteiger partial charge in [0, 0.05) is 35.1 Å². The maximum Gasteiger partial charge on any atom is 0.418 e. The molecule has 0 aliphatic rings. The summed E-state index contributed by atoms with van der Waals surface area (Å²) < 4.78 is 41.2. The van der Waals surface area contributed by atoms with Crippen molar-refractivity contribution in [3.8, 4) is 0 Å². The lowest BCUT2D eigenvalue weighted by Gasteiger charge is -2.20. The van der Waals surface area contributed by atoms with Crippen molar-refractivity contribution in [2.75, 3.05) is 5.32 Å². The molecule has 7 heteroatoms. The van der Waals surface area contributed by atoms with Crippen LogP contribution < -0.4 is 5.32 Å². The Kier molecular flexibility index (Phi) is 4.37. The summed E-state index contributed by atoms with van der Waals surface area (Å²) in [4.78, 5) is 3.90. The van der Waals surface area contributed by atoms with Crippen molar-refractivity contribution in [1.82, 2.24) is 9.55 Å². The summed E-state index contributed by atoms with van der Waals surface area (Å²) >= 11 is 3.19. The number of hydrogen-bond acceptors (Lipinski definition) is 2. The summed E-state index contributed by atoms with van der Waals surface area (Å²) in [6.07, 6.45) is 0.651. The average Bonchev–Trinajstić information content (AvgIpc) is 2.79. The molecule has 0 saturated carbocycles. The summed E-state index contributed by atoms with van der Waals surface area (Å²) in [5.41, 5.74) is -0.599. The highest BCUT2D eigenvalue weighted by atomic mass is 79.9. The Morgan fingerprint density at radius 3 is 2.75 bits per heavy atom. The number of halogens is 4. The van der Waals surface area contributed by atoms with Gasteiger partial charge in [0.15, 0.2) is 0 Å². The normalized spacial score (nSPS) is 13.2. The van der Waals surface area contributed by atoms with E-state index in [1.54, 1.807) is 18.7 Å². The number of alkyl halides is 3. The van der Waals surface area contributed by atoms with E-state index in [0.717, 1.165) is 6.07 Å². The fourth-order valence-corrected chi connectivity index (χ4v) is 2.27. The Balaban J connectivity index is 2.17. The third kappa shape index (κ3) is 3.75. The number of nitrogens with one attached hydrogen (secondary N) is 1. The van der Waals surface area contributed by atoms with Gasteiger partial charge in [-0.1, -0.05) is 15.9 Å². The van der Waals surface area contributed by atoms with Crippen LogP contribution in [0.5, 0.6) is 0 Å². The summed E-state index contributed by atoms with van der Waals surface area (Å²) in [6.45, 7) is 2.35. The molecule has 3 nitrogen and oxygen atoms in total. The molecular formula is C13H13BrF3N3. The first kappa shape index (κ1) is 14.9. The van der Waals surface area contributed by atoms with Crippen LogP contribution >= 0.6 is 15.9 Å². The van der Waals surface area contributed by atoms with Crippen molar-refractivity contribution in [2.45, 2.75) is 25.7 Å². The molecule has 1 atom stereocenters. The van der Waals surface area contributed by atoms with Gasteiger partial charge in [0.05, 0.1) is 11.9 Å². The molecule has 2 aromatic rings. The average molecular weight is 348 g/mol. The van der Waals surface area contributed by atoms with E-state index in [0.29, 0.717) is 11.0 Å². The van der Waals surface area contributed by atoms with Gasteiger partial charge in [0.25, 0.3) is 0 Å². The van der Waals surface area contributed by atoms with Crippen LogP contribution in [0.4, 0.5) is 18.9 Å². The molecule has 0 aliphatic heterocycles. The first-order chi connectivity index (χ1) is 9.36. The number of nitrogens with zero attached hydrogens (tertiary/aromatic N) is 2. The minimum Gasteiger partial charge on any atom is -0.380 e. The van der Waals surface area contributed by atoms with Crippen molar-refractivity contribution >= 4 is 21.6 Å². The highest BCUT2D eigenvalue weighted by Crippen LogP contribution is 2.36. The quantitative estimate of drug-likeness (QED) is 0.899. The van der Waals surface area contributed by atoms with Crippen molar-refractivity contribution < 1.29 is 13.2 Å². The number of imidazole rings is 1. The van der Waals surface area contributed by atoms with Gasteiger partial charge in [0.1, 0.15) is 0 Å². The zero-order valence-electron chi connectivity index (χ0n) is 10.7. The molecule has 1 unspecified atom stereocenters. The lowest BCUT2D eigenvalue weighted by Crippen LogP contribution is -2.23. The van der Waals surface area contributed by atoms with Crippen LogP contribution in [0.1, 0.15) is 12.5 Å². The number of aromatic nitrogens is 2. The predicted octanol–water partition coefficient (Wildman–Crippen LogP) is 4.17. The van der Waals surface area contributed by atoms with E-state index in [1.165, 1.54) is 12.1 Å². The molecule has 2 rings (SSSR count). The minimum absolute atomic E-state index is 0.0690.